The molecule has 0 saturated carbocycles. The summed E-state index contributed by atoms with van der Waals surface area (Å²) in [5.74, 6) is -1.13. The highest BCUT2D eigenvalue weighted by Crippen LogP contribution is 2.44. The predicted octanol–water partition coefficient (Wildman–Crippen LogP) is 3.09. The van der Waals surface area contributed by atoms with Crippen LogP contribution in [0, 0.1) is 0 Å². The third kappa shape index (κ3) is 5.71. The fraction of sp³-hybridized carbons (Fsp3) is 0.370. The van der Waals surface area contributed by atoms with E-state index in [9.17, 15) is 14.4 Å². The van der Waals surface area contributed by atoms with E-state index in [1.165, 1.54) is 0 Å². The number of hydrogen-bond acceptors (Lipinski definition) is 5. The molecule has 1 aliphatic heterocycles. The first-order valence-electron chi connectivity index (χ1n) is 11.9. The van der Waals surface area contributed by atoms with Gasteiger partial charge in [-0.25, -0.2) is 4.79 Å². The fourth-order valence-corrected chi connectivity index (χ4v) is 4.86. The molecule has 35 heavy (non-hydrogen) atoms. The average Bonchev–Trinajstić information content (AvgIpc) is 3.18. The topological polar surface area (TPSA) is 99.2 Å². The van der Waals surface area contributed by atoms with Gasteiger partial charge in [0.15, 0.2) is 0 Å². The van der Waals surface area contributed by atoms with Crippen molar-refractivity contribution < 1.29 is 24.2 Å². The van der Waals surface area contributed by atoms with E-state index in [0.29, 0.717) is 39.0 Å². The maximum atomic E-state index is 13.1. The average molecular weight is 478 g/mol. The number of aliphatic carboxylic acids is 1. The number of nitrogens with one attached hydrogen (secondary N) is 1. The van der Waals surface area contributed by atoms with Crippen molar-refractivity contribution in [3.8, 4) is 11.1 Å². The number of carboxylic acid groups (broad SMARTS) is 1. The lowest BCUT2D eigenvalue weighted by Crippen LogP contribution is -2.55. The van der Waals surface area contributed by atoms with Gasteiger partial charge in [0.1, 0.15) is 12.6 Å². The van der Waals surface area contributed by atoms with Crippen molar-refractivity contribution in [2.45, 2.75) is 24.8 Å². The van der Waals surface area contributed by atoms with Crippen LogP contribution in [0.25, 0.3) is 11.1 Å². The molecule has 0 spiro atoms. The van der Waals surface area contributed by atoms with Gasteiger partial charge in [-0.1, -0.05) is 54.6 Å². The predicted molar refractivity (Wildman–Crippen MR) is 132 cm³/mol. The Hall–Kier alpha value is -3.65. The summed E-state index contributed by atoms with van der Waals surface area (Å²) in [6.45, 7) is 5.66. The number of rotatable bonds is 9. The van der Waals surface area contributed by atoms with Gasteiger partial charge in [-0.2, -0.15) is 0 Å². The van der Waals surface area contributed by atoms with Crippen molar-refractivity contribution in [2.75, 3.05) is 39.3 Å². The molecule has 184 valence electrons. The Bertz CT molecular complexity index is 1050. The van der Waals surface area contributed by atoms with E-state index in [1.807, 2.05) is 24.3 Å². The van der Waals surface area contributed by atoms with Crippen LogP contribution in [0.1, 0.15) is 29.9 Å². The van der Waals surface area contributed by atoms with Crippen molar-refractivity contribution in [3.63, 3.8) is 0 Å². The number of benzene rings is 2. The number of piperazine rings is 1. The van der Waals surface area contributed by atoms with Crippen molar-refractivity contribution in [1.82, 2.24) is 15.1 Å². The maximum absolute atomic E-state index is 13.1. The molecule has 1 atom stereocenters. The maximum Gasteiger partial charge on any atom is 0.407 e. The normalized spacial score (nSPS) is 16.2. The minimum absolute atomic E-state index is 0.0417. The second kappa shape index (κ2) is 11.2. The van der Waals surface area contributed by atoms with Gasteiger partial charge in [0.25, 0.3) is 0 Å². The first kappa shape index (κ1) is 24.5. The molecular formula is C27H31N3O5. The molecule has 1 unspecified atom stereocenters. The number of ether oxygens (including phenoxy) is 1. The molecule has 0 aromatic heterocycles. The largest absolute Gasteiger partial charge is 0.480 e. The zero-order valence-electron chi connectivity index (χ0n) is 19.7. The van der Waals surface area contributed by atoms with Gasteiger partial charge in [0.2, 0.25) is 5.91 Å². The number of carbonyl (C=O) groups is 3. The van der Waals surface area contributed by atoms with Gasteiger partial charge in [-0.05, 0) is 35.1 Å². The number of allylic oxidation sites excluding steroid dienone is 1. The fourth-order valence-electron chi connectivity index (χ4n) is 4.86. The lowest BCUT2D eigenvalue weighted by atomic mass is 9.98. The molecule has 0 radical (unpaired) electrons. The molecule has 2 aliphatic rings. The van der Waals surface area contributed by atoms with Crippen molar-refractivity contribution in [3.05, 3.63) is 72.3 Å². The number of hydrogen-bond donors (Lipinski definition) is 2. The van der Waals surface area contributed by atoms with E-state index in [0.717, 1.165) is 22.3 Å². The summed E-state index contributed by atoms with van der Waals surface area (Å²) in [6, 6.07) is 15.5. The number of amides is 2. The van der Waals surface area contributed by atoms with Gasteiger partial charge < -0.3 is 20.1 Å². The molecule has 2 amide bonds. The Morgan fingerprint density at radius 1 is 1.03 bits per heavy atom. The molecule has 2 aromatic carbocycles. The summed E-state index contributed by atoms with van der Waals surface area (Å²) in [5.41, 5.74) is 4.55. The first-order chi connectivity index (χ1) is 17.0. The molecule has 8 heteroatoms. The van der Waals surface area contributed by atoms with Gasteiger partial charge >= 0.3 is 12.1 Å². The molecule has 8 nitrogen and oxygen atoms in total. The second-order valence-electron chi connectivity index (χ2n) is 8.88. The number of fused-ring (bicyclic) bond motifs is 3. The number of alkyl carbamates (subject to hydrolysis) is 1. The van der Waals surface area contributed by atoms with E-state index in [-0.39, 0.29) is 25.0 Å². The van der Waals surface area contributed by atoms with E-state index in [4.69, 9.17) is 9.84 Å². The summed E-state index contributed by atoms with van der Waals surface area (Å²) in [7, 11) is 0. The quantitative estimate of drug-likeness (QED) is 0.539. The van der Waals surface area contributed by atoms with Gasteiger partial charge in [0, 0.05) is 32.1 Å². The van der Waals surface area contributed by atoms with E-state index < -0.39 is 18.1 Å². The Morgan fingerprint density at radius 3 is 2.20 bits per heavy atom. The zero-order valence-corrected chi connectivity index (χ0v) is 19.7. The van der Waals surface area contributed by atoms with Crippen LogP contribution in [0.15, 0.2) is 61.2 Å². The Balaban J connectivity index is 1.36. The summed E-state index contributed by atoms with van der Waals surface area (Å²) >= 11 is 0. The molecule has 2 N–H and O–H groups in total. The minimum Gasteiger partial charge on any atom is -0.480 e. The van der Waals surface area contributed by atoms with Gasteiger partial charge in [0.05, 0.1) is 6.54 Å². The summed E-state index contributed by atoms with van der Waals surface area (Å²) in [4.78, 5) is 40.3. The number of nitrogens with zero attached hydrogens (tertiary/aromatic N) is 2. The Morgan fingerprint density at radius 2 is 1.63 bits per heavy atom. The van der Waals surface area contributed by atoms with Crippen molar-refractivity contribution in [2.24, 2.45) is 0 Å². The molecule has 2 aromatic rings. The van der Waals surface area contributed by atoms with Crippen LogP contribution in [0.5, 0.6) is 0 Å². The van der Waals surface area contributed by atoms with Crippen LogP contribution >= 0.6 is 0 Å². The number of carbonyl (C=O) groups excluding carboxylic acids is 2. The van der Waals surface area contributed by atoms with Crippen molar-refractivity contribution in [1.29, 1.82) is 0 Å². The first-order valence-corrected chi connectivity index (χ1v) is 11.9. The van der Waals surface area contributed by atoms with Crippen LogP contribution in [0.4, 0.5) is 4.79 Å². The van der Waals surface area contributed by atoms with E-state index >= 15 is 0 Å². The minimum atomic E-state index is -0.884. The lowest BCUT2D eigenvalue weighted by Gasteiger charge is -2.35. The summed E-state index contributed by atoms with van der Waals surface area (Å²) in [6.07, 6.45) is 2.07. The highest BCUT2D eigenvalue weighted by Gasteiger charge is 2.31. The molecule has 4 rings (SSSR count). The summed E-state index contributed by atoms with van der Waals surface area (Å²) in [5, 5.41) is 11.7. The highest BCUT2D eigenvalue weighted by atomic mass is 16.5. The standard InChI is InChI=1S/C27H31N3O5/c1-2-3-12-24(26(33)30-15-13-29(14-16-30)17-25(31)32)28-27(34)35-18-23-21-10-6-4-8-19(21)20-9-5-7-11-22(20)23/h2,4-11,23-24H,1,3,12-18H2,(H,28,34)(H,31,32). The molecule has 0 bridgehead atoms. The van der Waals surface area contributed by atoms with Crippen LogP contribution in [-0.2, 0) is 14.3 Å². The third-order valence-corrected chi connectivity index (χ3v) is 6.64. The van der Waals surface area contributed by atoms with E-state index in [1.54, 1.807) is 15.9 Å². The van der Waals surface area contributed by atoms with Crippen molar-refractivity contribution >= 4 is 18.0 Å². The SMILES string of the molecule is C=CCCC(NC(=O)OCC1c2ccccc2-c2ccccc21)C(=O)N1CCN(CC(=O)O)CC1. The van der Waals surface area contributed by atoms with Crippen LogP contribution in [0.3, 0.4) is 0 Å². The molecule has 1 heterocycles. The molecule has 1 fully saturated rings. The van der Waals surface area contributed by atoms with Crippen LogP contribution in [0.2, 0.25) is 0 Å². The second-order valence-corrected chi connectivity index (χ2v) is 8.88. The third-order valence-electron chi connectivity index (χ3n) is 6.64. The highest BCUT2D eigenvalue weighted by molar-refractivity contribution is 5.86. The zero-order chi connectivity index (χ0) is 24.8. The Labute approximate surface area is 205 Å². The lowest BCUT2D eigenvalue weighted by molar-refractivity contribution is -0.139. The molecular weight excluding hydrogens is 446 g/mol. The van der Waals surface area contributed by atoms with Crippen LogP contribution in [-0.4, -0.2) is 78.2 Å². The van der Waals surface area contributed by atoms with Crippen LogP contribution < -0.4 is 5.32 Å². The van der Waals surface area contributed by atoms with Gasteiger partial charge in [-0.15, -0.1) is 6.58 Å². The number of carboxylic acids is 1. The Kier molecular flexibility index (Phi) is 7.82. The summed E-state index contributed by atoms with van der Waals surface area (Å²) < 4.78 is 5.63. The van der Waals surface area contributed by atoms with Gasteiger partial charge in [-0.3, -0.25) is 14.5 Å². The smallest absolute Gasteiger partial charge is 0.407 e. The monoisotopic (exact) mass is 477 g/mol. The molecule has 1 aliphatic carbocycles. The van der Waals surface area contributed by atoms with E-state index in [2.05, 4.69) is 36.2 Å². The molecule has 1 saturated heterocycles.